The van der Waals surface area contributed by atoms with Gasteiger partial charge in [0, 0.05) is 32.2 Å². The Bertz CT molecular complexity index is 959. The second-order valence-corrected chi connectivity index (χ2v) is 8.23. The van der Waals surface area contributed by atoms with E-state index in [9.17, 15) is 9.59 Å². The fourth-order valence-electron chi connectivity index (χ4n) is 4.25. The highest BCUT2D eigenvalue weighted by Crippen LogP contribution is 2.40. The highest BCUT2D eigenvalue weighted by Gasteiger charge is 2.36. The summed E-state index contributed by atoms with van der Waals surface area (Å²) >= 11 is 0. The lowest BCUT2D eigenvalue weighted by Crippen LogP contribution is -2.49. The number of anilines is 3. The third-order valence-corrected chi connectivity index (χ3v) is 5.90. The minimum absolute atomic E-state index is 0.00140. The molecule has 0 unspecified atom stereocenters. The maximum absolute atomic E-state index is 13.6. The number of hydrogen-bond acceptors (Lipinski definition) is 5. The highest BCUT2D eigenvalue weighted by atomic mass is 16.2. The van der Waals surface area contributed by atoms with E-state index in [1.54, 1.807) is 9.58 Å². The van der Waals surface area contributed by atoms with E-state index in [4.69, 9.17) is 0 Å². The van der Waals surface area contributed by atoms with Gasteiger partial charge in [0.05, 0.1) is 23.6 Å². The van der Waals surface area contributed by atoms with Crippen molar-refractivity contribution >= 4 is 28.9 Å². The SMILES string of the molecule is CCN1CCN(CC(=O)N2c3ccccc3NC(=O)c3c2c(C)nn3C(C)C)CC1. The molecule has 2 amide bonds. The number of nitrogens with zero attached hydrogens (tertiary/aromatic N) is 5. The van der Waals surface area contributed by atoms with E-state index in [1.807, 2.05) is 45.0 Å². The second kappa shape index (κ2) is 8.20. The molecule has 1 saturated heterocycles. The molecule has 160 valence electrons. The van der Waals surface area contributed by atoms with Crippen molar-refractivity contribution in [1.29, 1.82) is 0 Å². The van der Waals surface area contributed by atoms with Crippen molar-refractivity contribution in [1.82, 2.24) is 19.6 Å². The number of aryl methyl sites for hydroxylation is 1. The Morgan fingerprint density at radius 2 is 1.80 bits per heavy atom. The standard InChI is InChI=1S/C22H30N6O2/c1-5-25-10-12-26(13-11-25)14-19(29)27-18-9-7-6-8-17(18)23-22(30)21-20(27)16(4)24-28(21)15(2)3/h6-9,15H,5,10-14H2,1-4H3,(H,23,30). The van der Waals surface area contributed by atoms with Gasteiger partial charge in [-0.05, 0) is 39.4 Å². The van der Waals surface area contributed by atoms with Gasteiger partial charge in [-0.1, -0.05) is 19.1 Å². The van der Waals surface area contributed by atoms with Crippen molar-refractivity contribution in [2.75, 3.05) is 49.5 Å². The van der Waals surface area contributed by atoms with E-state index < -0.39 is 0 Å². The number of para-hydroxylation sites is 2. The van der Waals surface area contributed by atoms with Gasteiger partial charge in [-0.15, -0.1) is 0 Å². The van der Waals surface area contributed by atoms with Gasteiger partial charge in [0.2, 0.25) is 5.91 Å². The second-order valence-electron chi connectivity index (χ2n) is 8.23. The highest BCUT2D eigenvalue weighted by molar-refractivity contribution is 6.17. The van der Waals surface area contributed by atoms with Crippen molar-refractivity contribution in [2.45, 2.75) is 33.7 Å². The van der Waals surface area contributed by atoms with Gasteiger partial charge in [0.15, 0.2) is 5.69 Å². The molecular formula is C22H30N6O2. The Balaban J connectivity index is 1.74. The first-order valence-corrected chi connectivity index (χ1v) is 10.7. The lowest BCUT2D eigenvalue weighted by molar-refractivity contribution is -0.119. The molecule has 1 fully saturated rings. The number of aromatic nitrogens is 2. The van der Waals surface area contributed by atoms with Crippen LogP contribution in [0, 0.1) is 6.92 Å². The van der Waals surface area contributed by atoms with Crippen molar-refractivity contribution < 1.29 is 9.59 Å². The Morgan fingerprint density at radius 3 is 2.47 bits per heavy atom. The summed E-state index contributed by atoms with van der Waals surface area (Å²) in [5.41, 5.74) is 3.02. The molecule has 1 aromatic carbocycles. The molecule has 1 N–H and O–H groups in total. The van der Waals surface area contributed by atoms with Crippen LogP contribution in [0.2, 0.25) is 0 Å². The molecule has 2 aliphatic heterocycles. The van der Waals surface area contributed by atoms with Crippen LogP contribution < -0.4 is 10.2 Å². The lowest BCUT2D eigenvalue weighted by atomic mass is 10.2. The maximum atomic E-state index is 13.6. The molecule has 0 spiro atoms. The van der Waals surface area contributed by atoms with Gasteiger partial charge in [0.1, 0.15) is 5.69 Å². The van der Waals surface area contributed by atoms with Crippen molar-refractivity contribution in [3.8, 4) is 0 Å². The molecule has 2 aliphatic rings. The minimum Gasteiger partial charge on any atom is -0.319 e. The summed E-state index contributed by atoms with van der Waals surface area (Å²) in [7, 11) is 0. The Labute approximate surface area is 177 Å². The fraction of sp³-hybridized carbons (Fsp3) is 0.500. The predicted molar refractivity (Wildman–Crippen MR) is 117 cm³/mol. The largest absolute Gasteiger partial charge is 0.319 e. The smallest absolute Gasteiger partial charge is 0.276 e. The number of hydrogen-bond donors (Lipinski definition) is 1. The van der Waals surface area contributed by atoms with Gasteiger partial charge in [-0.3, -0.25) is 24.1 Å². The summed E-state index contributed by atoms with van der Waals surface area (Å²) < 4.78 is 1.71. The monoisotopic (exact) mass is 410 g/mol. The third-order valence-electron chi connectivity index (χ3n) is 5.90. The van der Waals surface area contributed by atoms with Crippen molar-refractivity contribution in [3.63, 3.8) is 0 Å². The van der Waals surface area contributed by atoms with Crippen molar-refractivity contribution in [3.05, 3.63) is 35.7 Å². The number of likely N-dealkylation sites (N-methyl/N-ethyl adjacent to an activating group) is 1. The molecule has 1 aromatic heterocycles. The predicted octanol–water partition coefficient (Wildman–Crippen LogP) is 2.64. The molecule has 8 nitrogen and oxygen atoms in total. The Morgan fingerprint density at radius 1 is 1.13 bits per heavy atom. The van der Waals surface area contributed by atoms with Gasteiger partial charge >= 0.3 is 0 Å². The van der Waals surface area contributed by atoms with Crippen molar-refractivity contribution in [2.24, 2.45) is 0 Å². The number of carbonyl (C=O) groups is 2. The van der Waals surface area contributed by atoms with Gasteiger partial charge < -0.3 is 10.2 Å². The maximum Gasteiger partial charge on any atom is 0.276 e. The average molecular weight is 411 g/mol. The van der Waals surface area contributed by atoms with E-state index >= 15 is 0 Å². The number of nitrogens with one attached hydrogen (secondary N) is 1. The van der Waals surface area contributed by atoms with Gasteiger partial charge in [0.25, 0.3) is 5.91 Å². The number of rotatable bonds is 4. The summed E-state index contributed by atoms with van der Waals surface area (Å²) in [6.07, 6.45) is 0. The molecule has 0 atom stereocenters. The topological polar surface area (TPSA) is 73.7 Å². The molecule has 3 heterocycles. The summed E-state index contributed by atoms with van der Waals surface area (Å²) in [6.45, 7) is 13.0. The first-order chi connectivity index (χ1) is 14.4. The summed E-state index contributed by atoms with van der Waals surface area (Å²) in [5, 5.41) is 7.57. The Kier molecular flexibility index (Phi) is 5.62. The number of carbonyl (C=O) groups excluding carboxylic acids is 2. The van der Waals surface area contributed by atoms with Crippen LogP contribution in [-0.2, 0) is 4.79 Å². The zero-order valence-electron chi connectivity index (χ0n) is 18.2. The van der Waals surface area contributed by atoms with Crippen LogP contribution >= 0.6 is 0 Å². The average Bonchev–Trinajstić information content (AvgIpc) is 3.00. The zero-order chi connectivity index (χ0) is 21.4. The van der Waals surface area contributed by atoms with Gasteiger partial charge in [-0.25, -0.2) is 0 Å². The molecule has 4 rings (SSSR count). The quantitative estimate of drug-likeness (QED) is 0.839. The zero-order valence-corrected chi connectivity index (χ0v) is 18.2. The van der Waals surface area contributed by atoms with Crippen LogP contribution in [0.15, 0.2) is 24.3 Å². The number of piperazine rings is 1. The molecule has 0 saturated carbocycles. The van der Waals surface area contributed by atoms with Gasteiger partial charge in [-0.2, -0.15) is 5.10 Å². The van der Waals surface area contributed by atoms with E-state index in [2.05, 4.69) is 27.1 Å². The summed E-state index contributed by atoms with van der Waals surface area (Å²) in [6, 6.07) is 7.46. The molecule has 8 heteroatoms. The minimum atomic E-state index is -0.237. The number of benzene rings is 1. The van der Waals surface area contributed by atoms with Crippen LogP contribution in [0.25, 0.3) is 0 Å². The van der Waals surface area contributed by atoms with E-state index in [0.29, 0.717) is 35.0 Å². The Hall–Kier alpha value is -2.71. The number of amides is 2. The molecule has 2 aromatic rings. The normalized spacial score (nSPS) is 17.5. The van der Waals surface area contributed by atoms with E-state index in [0.717, 1.165) is 32.7 Å². The van der Waals surface area contributed by atoms with Crippen LogP contribution in [0.3, 0.4) is 0 Å². The summed E-state index contributed by atoms with van der Waals surface area (Å²) in [5.74, 6) is -0.282. The summed E-state index contributed by atoms with van der Waals surface area (Å²) in [4.78, 5) is 33.0. The fourth-order valence-corrected chi connectivity index (χ4v) is 4.25. The van der Waals surface area contributed by atoms with E-state index in [-0.39, 0.29) is 17.9 Å². The van der Waals surface area contributed by atoms with Crippen LogP contribution in [-0.4, -0.2) is 70.7 Å². The first-order valence-electron chi connectivity index (χ1n) is 10.7. The van der Waals surface area contributed by atoms with E-state index in [1.165, 1.54) is 0 Å². The van der Waals surface area contributed by atoms with Crippen LogP contribution in [0.1, 0.15) is 43.0 Å². The molecule has 30 heavy (non-hydrogen) atoms. The molecular weight excluding hydrogens is 380 g/mol. The van der Waals surface area contributed by atoms with Crippen LogP contribution in [0.5, 0.6) is 0 Å². The number of fused-ring (bicyclic) bond motifs is 2. The van der Waals surface area contributed by atoms with Crippen LogP contribution in [0.4, 0.5) is 17.1 Å². The first kappa shape index (κ1) is 20.6. The molecule has 0 bridgehead atoms. The molecule has 0 aliphatic carbocycles. The third kappa shape index (κ3) is 3.61. The lowest BCUT2D eigenvalue weighted by Gasteiger charge is -2.34. The molecule has 0 radical (unpaired) electrons.